The maximum atomic E-state index is 13.6. The minimum absolute atomic E-state index is 0.0199. The van der Waals surface area contributed by atoms with Gasteiger partial charge in [-0.05, 0) is 62.1 Å². The first-order valence-corrected chi connectivity index (χ1v) is 8.97. The van der Waals surface area contributed by atoms with Crippen molar-refractivity contribution >= 4 is 22.5 Å². The first-order valence-electron chi connectivity index (χ1n) is 8.97. The molecule has 1 atom stereocenters. The molecule has 0 aliphatic heterocycles. The molecule has 0 fully saturated rings. The monoisotopic (exact) mass is 352 g/mol. The fourth-order valence-corrected chi connectivity index (χ4v) is 3.70. The topological polar surface area (TPSA) is 54.1 Å². The fourth-order valence-electron chi connectivity index (χ4n) is 3.70. The first kappa shape index (κ1) is 16.6. The number of nitrogens with one attached hydrogen (secondary N) is 2. The molecule has 1 amide bonds. The normalized spacial score (nSPS) is 16.3. The van der Waals surface area contributed by atoms with Gasteiger partial charge in [-0.15, -0.1) is 0 Å². The van der Waals surface area contributed by atoms with Crippen molar-refractivity contribution in [3.05, 3.63) is 59.5 Å². The van der Waals surface area contributed by atoms with Crippen LogP contribution in [0.1, 0.15) is 24.6 Å². The number of benzene rings is 2. The molecule has 0 bridgehead atoms. The van der Waals surface area contributed by atoms with Crippen LogP contribution >= 0.6 is 0 Å². The van der Waals surface area contributed by atoms with Crippen molar-refractivity contribution in [1.82, 2.24) is 4.98 Å². The second kappa shape index (κ2) is 6.83. The second-order valence-corrected chi connectivity index (χ2v) is 6.63. The lowest BCUT2D eigenvalue weighted by Crippen LogP contribution is -2.28. The van der Waals surface area contributed by atoms with Crippen LogP contribution in [0.2, 0.25) is 0 Å². The summed E-state index contributed by atoms with van der Waals surface area (Å²) in [5.41, 5.74) is 3.79. The van der Waals surface area contributed by atoms with Crippen LogP contribution in [0.3, 0.4) is 0 Å². The number of aryl methyl sites for hydroxylation is 1. The molecule has 0 saturated carbocycles. The van der Waals surface area contributed by atoms with E-state index >= 15 is 0 Å². The van der Waals surface area contributed by atoms with Gasteiger partial charge in [-0.1, -0.05) is 12.1 Å². The van der Waals surface area contributed by atoms with Gasteiger partial charge in [-0.2, -0.15) is 0 Å². The Labute approximate surface area is 151 Å². The second-order valence-electron chi connectivity index (χ2n) is 6.63. The molecule has 1 aliphatic rings. The van der Waals surface area contributed by atoms with Gasteiger partial charge in [0.05, 0.1) is 12.3 Å². The molecule has 1 unspecified atom stereocenters. The van der Waals surface area contributed by atoms with Gasteiger partial charge in [0.15, 0.2) is 0 Å². The predicted octanol–water partition coefficient (Wildman–Crippen LogP) is 4.45. The van der Waals surface area contributed by atoms with Crippen LogP contribution in [-0.2, 0) is 17.6 Å². The Morgan fingerprint density at radius 1 is 1.31 bits per heavy atom. The van der Waals surface area contributed by atoms with Gasteiger partial charge in [0, 0.05) is 22.5 Å². The molecule has 1 aromatic heterocycles. The lowest BCUT2D eigenvalue weighted by molar-refractivity contribution is -0.120. The number of H-pyrrole nitrogens is 1. The van der Waals surface area contributed by atoms with Crippen LogP contribution in [0.25, 0.3) is 10.9 Å². The number of carbonyl (C=O) groups is 1. The van der Waals surface area contributed by atoms with Crippen molar-refractivity contribution in [2.75, 3.05) is 11.9 Å². The number of carbonyl (C=O) groups excluding carboxylic acids is 1. The van der Waals surface area contributed by atoms with Crippen LogP contribution in [0.15, 0.2) is 42.5 Å². The number of anilines is 1. The van der Waals surface area contributed by atoms with Crippen LogP contribution in [0.4, 0.5) is 10.1 Å². The van der Waals surface area contributed by atoms with Gasteiger partial charge >= 0.3 is 0 Å². The maximum Gasteiger partial charge on any atom is 0.227 e. The number of rotatable bonds is 4. The van der Waals surface area contributed by atoms with Gasteiger partial charge in [0.1, 0.15) is 11.6 Å². The summed E-state index contributed by atoms with van der Waals surface area (Å²) in [6, 6.07) is 12.2. The molecule has 0 saturated heterocycles. The summed E-state index contributed by atoms with van der Waals surface area (Å²) in [5.74, 6) is 0.263. The van der Waals surface area contributed by atoms with Crippen molar-refractivity contribution < 1.29 is 13.9 Å². The van der Waals surface area contributed by atoms with E-state index in [0.717, 1.165) is 35.0 Å². The predicted molar refractivity (Wildman–Crippen MR) is 100 cm³/mol. The average molecular weight is 352 g/mol. The van der Waals surface area contributed by atoms with E-state index in [2.05, 4.69) is 10.3 Å². The van der Waals surface area contributed by atoms with E-state index in [9.17, 15) is 9.18 Å². The summed E-state index contributed by atoms with van der Waals surface area (Å²) in [6.07, 6.45) is 2.17. The molecule has 134 valence electrons. The highest BCUT2D eigenvalue weighted by atomic mass is 19.1. The van der Waals surface area contributed by atoms with Crippen molar-refractivity contribution in [3.63, 3.8) is 0 Å². The Bertz CT molecular complexity index is 964. The quantitative estimate of drug-likeness (QED) is 0.729. The van der Waals surface area contributed by atoms with Gasteiger partial charge in [-0.3, -0.25) is 4.79 Å². The molecule has 26 heavy (non-hydrogen) atoms. The Balaban J connectivity index is 1.56. The SMILES string of the molecule is CCOc1ccccc1NC(=O)C1CCc2[nH]c3ccc(F)cc3c2C1. The molecule has 4 rings (SSSR count). The summed E-state index contributed by atoms with van der Waals surface area (Å²) in [4.78, 5) is 16.2. The van der Waals surface area contributed by atoms with Crippen LogP contribution in [0.5, 0.6) is 5.75 Å². The lowest BCUT2D eigenvalue weighted by atomic mass is 9.85. The molecule has 5 heteroatoms. The number of aromatic amines is 1. The Morgan fingerprint density at radius 2 is 2.15 bits per heavy atom. The van der Waals surface area contributed by atoms with Gasteiger partial charge in [0.25, 0.3) is 0 Å². The number of fused-ring (bicyclic) bond motifs is 3. The van der Waals surface area contributed by atoms with Crippen molar-refractivity contribution in [1.29, 1.82) is 0 Å². The summed E-state index contributed by atoms with van der Waals surface area (Å²) in [6.45, 7) is 2.46. The van der Waals surface area contributed by atoms with Crippen LogP contribution < -0.4 is 10.1 Å². The molecule has 4 nitrogen and oxygen atoms in total. The Kier molecular flexibility index (Phi) is 4.37. The highest BCUT2D eigenvalue weighted by Gasteiger charge is 2.28. The van der Waals surface area contributed by atoms with E-state index < -0.39 is 0 Å². The highest BCUT2D eigenvalue weighted by Crippen LogP contribution is 2.33. The van der Waals surface area contributed by atoms with Crippen LogP contribution in [0, 0.1) is 11.7 Å². The summed E-state index contributed by atoms with van der Waals surface area (Å²) in [5, 5.41) is 3.88. The molecule has 2 N–H and O–H groups in total. The number of para-hydroxylation sites is 2. The molecular formula is C21H21FN2O2. The van der Waals surface area contributed by atoms with E-state index in [1.807, 2.05) is 31.2 Å². The lowest BCUT2D eigenvalue weighted by Gasteiger charge is -2.22. The molecule has 1 aliphatic carbocycles. The first-order chi connectivity index (χ1) is 12.7. The largest absolute Gasteiger partial charge is 0.492 e. The minimum atomic E-state index is -0.253. The maximum absolute atomic E-state index is 13.6. The number of hydrogen-bond acceptors (Lipinski definition) is 2. The summed E-state index contributed by atoms with van der Waals surface area (Å²) in [7, 11) is 0. The zero-order valence-corrected chi connectivity index (χ0v) is 14.6. The van der Waals surface area contributed by atoms with Crippen molar-refractivity contribution in [3.8, 4) is 5.75 Å². The number of halogens is 1. The van der Waals surface area contributed by atoms with Crippen molar-refractivity contribution in [2.45, 2.75) is 26.2 Å². The third-order valence-electron chi connectivity index (χ3n) is 4.97. The summed E-state index contributed by atoms with van der Waals surface area (Å²) < 4.78 is 19.2. The fraction of sp³-hybridized carbons (Fsp3) is 0.286. The van der Waals surface area contributed by atoms with Gasteiger partial charge < -0.3 is 15.0 Å². The smallest absolute Gasteiger partial charge is 0.227 e. The molecule has 1 heterocycles. The molecule has 0 spiro atoms. The van der Waals surface area contributed by atoms with E-state index in [-0.39, 0.29) is 17.6 Å². The van der Waals surface area contributed by atoms with Gasteiger partial charge in [-0.25, -0.2) is 4.39 Å². The van der Waals surface area contributed by atoms with Gasteiger partial charge in [0.2, 0.25) is 5.91 Å². The Hall–Kier alpha value is -2.82. The average Bonchev–Trinajstić information content (AvgIpc) is 3.00. The standard InChI is InChI=1S/C21H21FN2O2/c1-2-26-20-6-4-3-5-19(20)24-21(25)13-7-9-17-15(11-13)16-12-14(22)8-10-18(16)23-17/h3-6,8,10,12-13,23H,2,7,9,11H2,1H3,(H,24,25). The number of aromatic nitrogens is 1. The number of hydrogen-bond donors (Lipinski definition) is 2. The number of amides is 1. The summed E-state index contributed by atoms with van der Waals surface area (Å²) >= 11 is 0. The Morgan fingerprint density at radius 3 is 3.00 bits per heavy atom. The van der Waals surface area contributed by atoms with E-state index in [4.69, 9.17) is 4.74 Å². The zero-order chi connectivity index (χ0) is 18.1. The van der Waals surface area contributed by atoms with E-state index in [1.165, 1.54) is 6.07 Å². The molecule has 3 aromatic rings. The van der Waals surface area contributed by atoms with Crippen molar-refractivity contribution in [2.24, 2.45) is 5.92 Å². The molecular weight excluding hydrogens is 331 g/mol. The minimum Gasteiger partial charge on any atom is -0.492 e. The number of ether oxygens (including phenoxy) is 1. The molecule has 2 aromatic carbocycles. The third kappa shape index (κ3) is 3.05. The van der Waals surface area contributed by atoms with E-state index in [1.54, 1.807) is 12.1 Å². The van der Waals surface area contributed by atoms with Crippen LogP contribution in [-0.4, -0.2) is 17.5 Å². The third-order valence-corrected chi connectivity index (χ3v) is 4.97. The highest BCUT2D eigenvalue weighted by molar-refractivity contribution is 5.95. The van der Waals surface area contributed by atoms with E-state index in [0.29, 0.717) is 24.5 Å². The zero-order valence-electron chi connectivity index (χ0n) is 14.6. The molecule has 0 radical (unpaired) electrons.